The molecule has 0 bridgehead atoms. The van der Waals surface area contributed by atoms with Gasteiger partial charge in [0.1, 0.15) is 5.75 Å². The summed E-state index contributed by atoms with van der Waals surface area (Å²) >= 11 is 5.13. The molecule has 0 aromatic heterocycles. The second-order valence-corrected chi connectivity index (χ2v) is 6.63. The molecule has 0 atom stereocenters. The molecule has 6 nitrogen and oxygen atoms in total. The van der Waals surface area contributed by atoms with Gasteiger partial charge in [-0.25, -0.2) is 4.79 Å². The van der Waals surface area contributed by atoms with Crippen LogP contribution in [-0.2, 0) is 0 Å². The van der Waals surface area contributed by atoms with Gasteiger partial charge in [0.05, 0.1) is 12.2 Å². The molecule has 2 rings (SSSR count). The van der Waals surface area contributed by atoms with Crippen molar-refractivity contribution in [3.05, 3.63) is 59.7 Å². The number of carbonyl (C=O) groups excluding carboxylic acids is 1. The fourth-order valence-corrected chi connectivity index (χ4v) is 2.67. The molecule has 28 heavy (non-hydrogen) atoms. The average Bonchev–Trinajstić information content (AvgIpc) is 2.68. The Kier molecular flexibility index (Phi) is 8.42. The summed E-state index contributed by atoms with van der Waals surface area (Å²) in [6, 6.07) is 12.9. The van der Waals surface area contributed by atoms with Gasteiger partial charge in [-0.2, -0.15) is 0 Å². The molecule has 0 saturated heterocycles. The molecular weight excluding hydrogens is 376 g/mol. The van der Waals surface area contributed by atoms with Crippen LogP contribution in [0, 0.1) is 0 Å². The lowest BCUT2D eigenvalue weighted by molar-refractivity contribution is 0.0696. The van der Waals surface area contributed by atoms with Gasteiger partial charge in [-0.3, -0.25) is 10.1 Å². The van der Waals surface area contributed by atoms with Crippen molar-refractivity contribution in [3.63, 3.8) is 0 Å². The first-order chi connectivity index (χ1) is 13.5. The molecule has 0 unspecified atom stereocenters. The van der Waals surface area contributed by atoms with Crippen LogP contribution >= 0.6 is 12.2 Å². The van der Waals surface area contributed by atoms with E-state index in [9.17, 15) is 9.59 Å². The zero-order valence-electron chi connectivity index (χ0n) is 15.7. The van der Waals surface area contributed by atoms with Gasteiger partial charge in [0.2, 0.25) is 0 Å². The lowest BCUT2D eigenvalue weighted by Gasteiger charge is -2.10. The quantitative estimate of drug-likeness (QED) is 0.425. The Labute approximate surface area is 169 Å². The molecule has 0 radical (unpaired) electrons. The summed E-state index contributed by atoms with van der Waals surface area (Å²) in [4.78, 5) is 23.1. The number of carboxylic acids is 1. The summed E-state index contributed by atoms with van der Waals surface area (Å²) in [6.45, 7) is 2.83. The number of carbonyl (C=O) groups is 2. The highest BCUT2D eigenvalue weighted by Gasteiger charge is 2.09. The molecule has 0 saturated carbocycles. The number of hydrogen-bond donors (Lipinski definition) is 3. The first kappa shape index (κ1) is 21.4. The number of ether oxygens (including phenoxy) is 1. The molecule has 0 aliphatic rings. The molecule has 0 aliphatic heterocycles. The van der Waals surface area contributed by atoms with E-state index in [2.05, 4.69) is 17.6 Å². The molecule has 2 aromatic carbocycles. The summed E-state index contributed by atoms with van der Waals surface area (Å²) in [5.41, 5.74) is 1.22. The molecule has 0 aliphatic carbocycles. The van der Waals surface area contributed by atoms with Crippen molar-refractivity contribution < 1.29 is 19.4 Å². The Hall–Kier alpha value is -2.93. The zero-order valence-corrected chi connectivity index (χ0v) is 16.6. The number of carboxylic acid groups (broad SMARTS) is 1. The van der Waals surface area contributed by atoms with Gasteiger partial charge in [-0.1, -0.05) is 26.2 Å². The van der Waals surface area contributed by atoms with E-state index in [4.69, 9.17) is 22.1 Å². The Bertz CT molecular complexity index is 804. The fraction of sp³-hybridized carbons (Fsp3) is 0.286. The van der Waals surface area contributed by atoms with Crippen molar-refractivity contribution in [1.29, 1.82) is 0 Å². The number of rotatable bonds is 9. The predicted octanol–water partition coefficient (Wildman–Crippen LogP) is 4.47. The SMILES string of the molecule is CCCCCCOc1ccc(C(=O)NC(=S)Nc2ccc(C(=O)O)cc2)cc1. The Morgan fingerprint density at radius 2 is 1.61 bits per heavy atom. The normalized spacial score (nSPS) is 10.2. The second-order valence-electron chi connectivity index (χ2n) is 6.22. The molecule has 0 fully saturated rings. The topological polar surface area (TPSA) is 87.7 Å². The van der Waals surface area contributed by atoms with Crippen LogP contribution in [0.1, 0.15) is 53.3 Å². The highest BCUT2D eigenvalue weighted by atomic mass is 32.1. The van der Waals surface area contributed by atoms with Crippen LogP contribution in [0.3, 0.4) is 0 Å². The van der Waals surface area contributed by atoms with Crippen LogP contribution in [0.2, 0.25) is 0 Å². The first-order valence-electron chi connectivity index (χ1n) is 9.18. The third-order valence-corrected chi connectivity index (χ3v) is 4.20. The van der Waals surface area contributed by atoms with Crippen LogP contribution < -0.4 is 15.4 Å². The zero-order chi connectivity index (χ0) is 20.4. The maximum atomic E-state index is 12.3. The maximum Gasteiger partial charge on any atom is 0.335 e. The fourth-order valence-electron chi connectivity index (χ4n) is 2.46. The largest absolute Gasteiger partial charge is 0.494 e. The van der Waals surface area contributed by atoms with Gasteiger partial charge < -0.3 is 15.2 Å². The van der Waals surface area contributed by atoms with Crippen molar-refractivity contribution >= 4 is 34.9 Å². The van der Waals surface area contributed by atoms with E-state index in [1.54, 1.807) is 36.4 Å². The van der Waals surface area contributed by atoms with Gasteiger partial charge >= 0.3 is 5.97 Å². The lowest BCUT2D eigenvalue weighted by Crippen LogP contribution is -2.34. The Balaban J connectivity index is 1.81. The highest BCUT2D eigenvalue weighted by molar-refractivity contribution is 7.80. The smallest absolute Gasteiger partial charge is 0.335 e. The lowest BCUT2D eigenvalue weighted by atomic mass is 10.2. The number of hydrogen-bond acceptors (Lipinski definition) is 4. The van der Waals surface area contributed by atoms with E-state index >= 15 is 0 Å². The number of unbranched alkanes of at least 4 members (excludes halogenated alkanes) is 3. The van der Waals surface area contributed by atoms with Crippen LogP contribution in [0.4, 0.5) is 5.69 Å². The second kappa shape index (κ2) is 11.0. The molecule has 2 aromatic rings. The highest BCUT2D eigenvalue weighted by Crippen LogP contribution is 2.14. The molecule has 1 amide bonds. The van der Waals surface area contributed by atoms with Crippen molar-refractivity contribution in [2.24, 2.45) is 0 Å². The van der Waals surface area contributed by atoms with E-state index in [1.807, 2.05) is 0 Å². The summed E-state index contributed by atoms with van der Waals surface area (Å²) in [7, 11) is 0. The summed E-state index contributed by atoms with van der Waals surface area (Å²) < 4.78 is 5.66. The number of aromatic carboxylic acids is 1. The van der Waals surface area contributed by atoms with Gasteiger partial charge in [-0.15, -0.1) is 0 Å². The Morgan fingerprint density at radius 1 is 0.964 bits per heavy atom. The van der Waals surface area contributed by atoms with Crippen molar-refractivity contribution in [3.8, 4) is 5.75 Å². The van der Waals surface area contributed by atoms with E-state index in [1.165, 1.54) is 25.0 Å². The minimum atomic E-state index is -1.00. The van der Waals surface area contributed by atoms with Crippen molar-refractivity contribution in [2.75, 3.05) is 11.9 Å². The molecule has 7 heteroatoms. The first-order valence-corrected chi connectivity index (χ1v) is 9.59. The number of anilines is 1. The predicted molar refractivity (Wildman–Crippen MR) is 113 cm³/mol. The monoisotopic (exact) mass is 400 g/mol. The van der Waals surface area contributed by atoms with Gasteiger partial charge in [0, 0.05) is 11.3 Å². The van der Waals surface area contributed by atoms with Crippen molar-refractivity contribution in [1.82, 2.24) is 5.32 Å². The number of benzene rings is 2. The third-order valence-electron chi connectivity index (χ3n) is 4.00. The van der Waals surface area contributed by atoms with Gasteiger partial charge in [0.25, 0.3) is 5.91 Å². The molecule has 0 spiro atoms. The van der Waals surface area contributed by atoms with Gasteiger partial charge in [-0.05, 0) is 67.2 Å². The molecular formula is C21H24N2O4S. The number of nitrogens with one attached hydrogen (secondary N) is 2. The van der Waals surface area contributed by atoms with E-state index in [0.29, 0.717) is 17.9 Å². The molecule has 3 N–H and O–H groups in total. The summed E-state index contributed by atoms with van der Waals surface area (Å²) in [5.74, 6) is -0.614. The van der Waals surface area contributed by atoms with E-state index < -0.39 is 5.97 Å². The molecule has 0 heterocycles. The third kappa shape index (κ3) is 7.00. The maximum absolute atomic E-state index is 12.3. The van der Waals surface area contributed by atoms with Crippen LogP contribution in [0.5, 0.6) is 5.75 Å². The number of amides is 1. The van der Waals surface area contributed by atoms with Gasteiger partial charge in [0.15, 0.2) is 5.11 Å². The average molecular weight is 401 g/mol. The summed E-state index contributed by atoms with van der Waals surface area (Å²) in [5, 5.41) is 14.5. The summed E-state index contributed by atoms with van der Waals surface area (Å²) in [6.07, 6.45) is 4.57. The van der Waals surface area contributed by atoms with Crippen molar-refractivity contribution in [2.45, 2.75) is 32.6 Å². The van der Waals surface area contributed by atoms with Crippen LogP contribution in [0.25, 0.3) is 0 Å². The minimum absolute atomic E-state index is 0.129. The minimum Gasteiger partial charge on any atom is -0.494 e. The molecule has 148 valence electrons. The van der Waals surface area contributed by atoms with E-state index in [0.717, 1.165) is 18.6 Å². The standard InChI is InChI=1S/C21H24N2O4S/c1-2-3-4-5-14-27-18-12-8-15(9-13-18)19(24)23-21(28)22-17-10-6-16(7-11-17)20(25)26/h6-13H,2-5,14H2,1H3,(H,25,26)(H2,22,23,24,28). The Morgan fingerprint density at radius 3 is 2.21 bits per heavy atom. The number of thiocarbonyl (C=S) groups is 1. The van der Waals surface area contributed by atoms with Crippen LogP contribution in [-0.4, -0.2) is 28.7 Å². The van der Waals surface area contributed by atoms with Crippen LogP contribution in [0.15, 0.2) is 48.5 Å². The van der Waals surface area contributed by atoms with E-state index in [-0.39, 0.29) is 16.6 Å².